The predicted molar refractivity (Wildman–Crippen MR) is 131 cm³/mol. The summed E-state index contributed by atoms with van der Waals surface area (Å²) in [5, 5.41) is 0. The quantitative estimate of drug-likeness (QED) is 0.340. The number of halogens is 2. The number of amides is 1. The van der Waals surface area contributed by atoms with Crippen LogP contribution in [0.4, 0.5) is 8.78 Å². The molecule has 6 nitrogen and oxygen atoms in total. The summed E-state index contributed by atoms with van der Waals surface area (Å²) in [6, 6.07) is 10.6. The Hall–Kier alpha value is -4.25. The van der Waals surface area contributed by atoms with Crippen molar-refractivity contribution in [2.45, 2.75) is 39.2 Å². The molecule has 1 amide bonds. The molecule has 0 bridgehead atoms. The van der Waals surface area contributed by atoms with E-state index >= 15 is 0 Å². The first-order valence-corrected chi connectivity index (χ1v) is 11.8. The van der Waals surface area contributed by atoms with Gasteiger partial charge in [0.05, 0.1) is 22.9 Å². The van der Waals surface area contributed by atoms with Gasteiger partial charge < -0.3 is 9.64 Å². The van der Waals surface area contributed by atoms with E-state index in [0.29, 0.717) is 12.3 Å². The van der Waals surface area contributed by atoms with Crippen LogP contribution in [0.25, 0.3) is 16.8 Å². The lowest BCUT2D eigenvalue weighted by Crippen LogP contribution is -2.38. The zero-order chi connectivity index (χ0) is 25.2. The van der Waals surface area contributed by atoms with Crippen LogP contribution in [0, 0.1) is 30.4 Å². The van der Waals surface area contributed by atoms with E-state index in [1.54, 1.807) is 30.2 Å². The maximum absolute atomic E-state index is 14.0. The van der Waals surface area contributed by atoms with Crippen LogP contribution in [0.2, 0.25) is 0 Å². The number of hydrogen-bond donors (Lipinski definition) is 0. The van der Waals surface area contributed by atoms with Gasteiger partial charge in [0.2, 0.25) is 5.82 Å². The molecule has 8 heteroatoms. The van der Waals surface area contributed by atoms with Gasteiger partial charge in [-0.15, -0.1) is 0 Å². The highest BCUT2D eigenvalue weighted by Gasteiger charge is 2.31. The molecule has 1 fully saturated rings. The van der Waals surface area contributed by atoms with E-state index in [1.165, 1.54) is 12.1 Å². The number of fused-ring (bicyclic) bond motifs is 1. The van der Waals surface area contributed by atoms with Crippen molar-refractivity contribution in [1.29, 1.82) is 0 Å². The number of benzene rings is 2. The molecular formula is C28H24F2N4O2. The Kier molecular flexibility index (Phi) is 6.38. The standard InChI is InChI=1S/C28H24F2N4O2/c1-3-7-24(35)33-16-5-4-9-22(33)28-32-26(27-18(2)31-15-17-34(27)28)19-11-13-20(14-12-19)36-23-10-6-8-21(29)25(23)30/h6,8,10-15,17,22H,4-5,9,16H2,1-2H3/t22-/m0/s1. The van der Waals surface area contributed by atoms with Gasteiger partial charge in [0, 0.05) is 24.5 Å². The number of aromatic nitrogens is 3. The summed E-state index contributed by atoms with van der Waals surface area (Å²) in [5.74, 6) is 4.12. The first kappa shape index (κ1) is 23.5. The van der Waals surface area contributed by atoms with Crippen molar-refractivity contribution in [2.24, 2.45) is 0 Å². The van der Waals surface area contributed by atoms with Crippen molar-refractivity contribution >= 4 is 11.4 Å². The lowest BCUT2D eigenvalue weighted by molar-refractivity contribution is -0.129. The molecule has 3 heterocycles. The van der Waals surface area contributed by atoms with Gasteiger partial charge in [-0.25, -0.2) is 9.37 Å². The summed E-state index contributed by atoms with van der Waals surface area (Å²) in [6.45, 7) is 4.21. The first-order chi connectivity index (χ1) is 17.5. The molecule has 0 spiro atoms. The number of imidazole rings is 1. The molecule has 1 atom stereocenters. The third-order valence-corrected chi connectivity index (χ3v) is 6.33. The monoisotopic (exact) mass is 486 g/mol. The van der Waals surface area contributed by atoms with E-state index in [0.717, 1.165) is 53.6 Å². The van der Waals surface area contributed by atoms with Gasteiger partial charge in [0.15, 0.2) is 11.6 Å². The van der Waals surface area contributed by atoms with Crippen LogP contribution < -0.4 is 4.74 Å². The van der Waals surface area contributed by atoms with E-state index in [4.69, 9.17) is 9.72 Å². The second kappa shape index (κ2) is 9.78. The Bertz CT molecular complexity index is 1500. The molecular weight excluding hydrogens is 462 g/mol. The van der Waals surface area contributed by atoms with Gasteiger partial charge in [-0.2, -0.15) is 4.39 Å². The number of piperidine rings is 1. The van der Waals surface area contributed by atoms with Crippen LogP contribution in [0.1, 0.15) is 43.7 Å². The number of rotatable bonds is 4. The van der Waals surface area contributed by atoms with Gasteiger partial charge in [-0.3, -0.25) is 14.2 Å². The number of carbonyl (C=O) groups is 1. The van der Waals surface area contributed by atoms with Crippen molar-refractivity contribution in [1.82, 2.24) is 19.3 Å². The van der Waals surface area contributed by atoms with Gasteiger partial charge in [-0.05, 0) is 75.4 Å². The highest BCUT2D eigenvalue weighted by atomic mass is 19.2. The minimum atomic E-state index is -1.03. The lowest BCUT2D eigenvalue weighted by Gasteiger charge is -2.33. The van der Waals surface area contributed by atoms with Crippen molar-refractivity contribution in [3.8, 4) is 34.6 Å². The van der Waals surface area contributed by atoms with Gasteiger partial charge >= 0.3 is 0 Å². The van der Waals surface area contributed by atoms with Crippen molar-refractivity contribution in [3.63, 3.8) is 0 Å². The number of nitrogens with zero attached hydrogens (tertiary/aromatic N) is 4. The average Bonchev–Trinajstić information content (AvgIpc) is 3.28. The van der Waals surface area contributed by atoms with Gasteiger partial charge in [0.25, 0.3) is 5.91 Å². The Morgan fingerprint density at radius 1 is 1.14 bits per heavy atom. The number of ether oxygens (including phenoxy) is 1. The van der Waals surface area contributed by atoms with Crippen LogP contribution in [-0.2, 0) is 4.79 Å². The largest absolute Gasteiger partial charge is 0.454 e. The molecule has 0 N–H and O–H groups in total. The van der Waals surface area contributed by atoms with Gasteiger partial charge in [0.1, 0.15) is 11.6 Å². The van der Waals surface area contributed by atoms with E-state index in [1.807, 2.05) is 29.7 Å². The predicted octanol–water partition coefficient (Wildman–Crippen LogP) is 5.85. The zero-order valence-corrected chi connectivity index (χ0v) is 20.0. The lowest BCUT2D eigenvalue weighted by atomic mass is 10.0. The van der Waals surface area contributed by atoms with E-state index in [-0.39, 0.29) is 17.7 Å². The molecule has 1 aliphatic heterocycles. The molecule has 0 saturated carbocycles. The maximum atomic E-state index is 14.0. The SMILES string of the molecule is CC#CC(=O)N1CCCC[C@H]1c1nc(-c2ccc(Oc3cccc(F)c3F)cc2)c2c(C)nccn12. The number of hydrogen-bond acceptors (Lipinski definition) is 4. The number of carbonyl (C=O) groups excluding carboxylic acids is 1. The molecule has 182 valence electrons. The first-order valence-electron chi connectivity index (χ1n) is 11.8. The van der Waals surface area contributed by atoms with E-state index in [2.05, 4.69) is 16.8 Å². The van der Waals surface area contributed by atoms with Crippen LogP contribution in [0.5, 0.6) is 11.5 Å². The minimum Gasteiger partial charge on any atom is -0.454 e. The highest BCUT2D eigenvalue weighted by molar-refractivity contribution is 5.93. The topological polar surface area (TPSA) is 59.7 Å². The van der Waals surface area contributed by atoms with Gasteiger partial charge in [-0.1, -0.05) is 12.0 Å². The Labute approximate surface area is 207 Å². The molecule has 0 aliphatic carbocycles. The fraction of sp³-hybridized carbons (Fsp3) is 0.250. The Balaban J connectivity index is 1.54. The average molecular weight is 487 g/mol. The normalized spacial score (nSPS) is 15.4. The van der Waals surface area contributed by atoms with Crippen LogP contribution >= 0.6 is 0 Å². The van der Waals surface area contributed by atoms with E-state index in [9.17, 15) is 13.6 Å². The fourth-order valence-electron chi connectivity index (χ4n) is 4.65. The molecule has 1 aliphatic rings. The number of aryl methyl sites for hydroxylation is 1. The molecule has 36 heavy (non-hydrogen) atoms. The third kappa shape index (κ3) is 4.29. The summed E-state index contributed by atoms with van der Waals surface area (Å²) in [4.78, 5) is 24.0. The van der Waals surface area contributed by atoms with Crippen LogP contribution in [0.3, 0.4) is 0 Å². The fourth-order valence-corrected chi connectivity index (χ4v) is 4.65. The summed E-state index contributed by atoms with van der Waals surface area (Å²) in [7, 11) is 0. The van der Waals surface area contributed by atoms with Crippen LogP contribution in [-0.4, -0.2) is 31.7 Å². The summed E-state index contributed by atoms with van der Waals surface area (Å²) in [5.41, 5.74) is 3.18. The minimum absolute atomic E-state index is 0.185. The summed E-state index contributed by atoms with van der Waals surface area (Å²) in [6.07, 6.45) is 6.30. The second-order valence-corrected chi connectivity index (χ2v) is 8.61. The molecule has 4 aromatic rings. The molecule has 1 saturated heterocycles. The molecule has 2 aromatic carbocycles. The smallest absolute Gasteiger partial charge is 0.299 e. The maximum Gasteiger partial charge on any atom is 0.299 e. The molecule has 5 rings (SSSR count). The zero-order valence-electron chi connectivity index (χ0n) is 20.0. The van der Waals surface area contributed by atoms with Crippen molar-refractivity contribution in [3.05, 3.63) is 78.0 Å². The van der Waals surface area contributed by atoms with E-state index < -0.39 is 11.6 Å². The summed E-state index contributed by atoms with van der Waals surface area (Å²) >= 11 is 0. The molecule has 0 unspecified atom stereocenters. The highest BCUT2D eigenvalue weighted by Crippen LogP contribution is 2.36. The van der Waals surface area contributed by atoms with Crippen LogP contribution in [0.15, 0.2) is 54.9 Å². The second-order valence-electron chi connectivity index (χ2n) is 8.61. The molecule has 2 aromatic heterocycles. The molecule has 0 radical (unpaired) electrons. The third-order valence-electron chi connectivity index (χ3n) is 6.33. The number of likely N-dealkylation sites (tertiary alicyclic amines) is 1. The Morgan fingerprint density at radius 3 is 2.72 bits per heavy atom. The summed E-state index contributed by atoms with van der Waals surface area (Å²) < 4.78 is 35.1. The Morgan fingerprint density at radius 2 is 1.94 bits per heavy atom. The van der Waals surface area contributed by atoms with Crippen molar-refractivity contribution < 1.29 is 18.3 Å². The van der Waals surface area contributed by atoms with Crippen molar-refractivity contribution in [2.75, 3.05) is 6.54 Å².